The molecule has 6 heteroatoms. The highest BCUT2D eigenvalue weighted by atomic mass is 32.2. The van der Waals surface area contributed by atoms with Crippen LogP contribution in [0.4, 0.5) is 5.69 Å². The molecule has 1 aromatic carbocycles. The molecule has 3 fully saturated rings. The van der Waals surface area contributed by atoms with Crippen LogP contribution in [0.2, 0.25) is 0 Å². The monoisotopic (exact) mass is 504 g/mol. The summed E-state index contributed by atoms with van der Waals surface area (Å²) in [5.74, 6) is 0.154. The molecule has 2 aromatic rings. The van der Waals surface area contributed by atoms with Crippen molar-refractivity contribution < 1.29 is 4.79 Å². The van der Waals surface area contributed by atoms with Crippen LogP contribution in [0.3, 0.4) is 0 Å². The van der Waals surface area contributed by atoms with Crippen molar-refractivity contribution in [3.8, 4) is 5.69 Å². The summed E-state index contributed by atoms with van der Waals surface area (Å²) in [4.78, 5) is 24.0. The minimum Gasteiger partial charge on any atom is -0.378 e. The fraction of sp³-hybridized carbons (Fsp3) is 0.533. The molecule has 2 heterocycles. The second-order valence-electron chi connectivity index (χ2n) is 10.9. The first-order valence-corrected chi connectivity index (χ1v) is 14.5. The maximum absolute atomic E-state index is 13.8. The van der Waals surface area contributed by atoms with Gasteiger partial charge in [-0.3, -0.25) is 14.7 Å². The molecule has 2 saturated carbocycles. The highest BCUT2D eigenvalue weighted by Gasteiger charge is 2.39. The topological polar surface area (TPSA) is 40.8 Å². The predicted molar refractivity (Wildman–Crippen MR) is 153 cm³/mol. The van der Waals surface area contributed by atoms with Crippen molar-refractivity contribution in [2.75, 3.05) is 19.0 Å². The van der Waals surface area contributed by atoms with Crippen molar-refractivity contribution in [3.05, 3.63) is 52.2 Å². The summed E-state index contributed by atoms with van der Waals surface area (Å²) in [6.07, 6.45) is 14.2. The molecule has 1 saturated heterocycles. The summed E-state index contributed by atoms with van der Waals surface area (Å²) in [6, 6.07) is 11.5. The lowest BCUT2D eigenvalue weighted by Crippen LogP contribution is -2.41. The van der Waals surface area contributed by atoms with E-state index in [2.05, 4.69) is 78.7 Å². The number of hydrogen-bond acceptors (Lipinski definition) is 4. The Morgan fingerprint density at radius 1 is 0.944 bits per heavy atom. The smallest absolute Gasteiger partial charge is 0.267 e. The molecule has 0 bridgehead atoms. The highest BCUT2D eigenvalue weighted by molar-refractivity contribution is 8.18. The number of benzene rings is 1. The molecule has 0 radical (unpaired) electrons. The van der Waals surface area contributed by atoms with Crippen LogP contribution in [0.25, 0.3) is 11.8 Å². The van der Waals surface area contributed by atoms with Gasteiger partial charge in [-0.1, -0.05) is 38.5 Å². The molecule has 5 rings (SSSR count). The van der Waals surface area contributed by atoms with E-state index in [1.165, 1.54) is 49.9 Å². The first kappa shape index (κ1) is 25.2. The van der Waals surface area contributed by atoms with E-state index in [-0.39, 0.29) is 5.91 Å². The van der Waals surface area contributed by atoms with Gasteiger partial charge in [-0.15, -0.1) is 0 Å². The number of aromatic nitrogens is 1. The van der Waals surface area contributed by atoms with Gasteiger partial charge in [0.05, 0.1) is 10.9 Å². The van der Waals surface area contributed by atoms with Crippen molar-refractivity contribution in [1.82, 2.24) is 9.47 Å². The van der Waals surface area contributed by atoms with Crippen molar-refractivity contribution in [2.24, 2.45) is 4.99 Å². The van der Waals surface area contributed by atoms with Gasteiger partial charge in [-0.05, 0) is 93.3 Å². The van der Waals surface area contributed by atoms with Gasteiger partial charge in [0.25, 0.3) is 5.91 Å². The second kappa shape index (κ2) is 10.9. The van der Waals surface area contributed by atoms with Gasteiger partial charge >= 0.3 is 0 Å². The zero-order chi connectivity index (χ0) is 25.2. The average Bonchev–Trinajstić information content (AvgIpc) is 3.34. The fourth-order valence-electron chi connectivity index (χ4n) is 5.98. The fourth-order valence-corrected chi connectivity index (χ4v) is 7.08. The van der Waals surface area contributed by atoms with Crippen LogP contribution in [-0.2, 0) is 4.79 Å². The lowest BCUT2D eigenvalue weighted by molar-refractivity contribution is -0.124. The zero-order valence-corrected chi connectivity index (χ0v) is 23.1. The Bertz CT molecular complexity index is 1150. The summed E-state index contributed by atoms with van der Waals surface area (Å²) in [7, 11) is 4.12. The molecule has 1 amide bonds. The van der Waals surface area contributed by atoms with E-state index in [0.29, 0.717) is 12.1 Å². The third kappa shape index (κ3) is 5.15. The van der Waals surface area contributed by atoms with E-state index in [1.54, 1.807) is 11.8 Å². The molecule has 2 aliphatic carbocycles. The SMILES string of the molecule is Cc1cc(C=C2SC(=NC3CCCCC3)N(C3CCCCC3)C2=O)c(C)n1-c1ccc(N(C)C)cc1. The van der Waals surface area contributed by atoms with Crippen molar-refractivity contribution >= 4 is 34.6 Å². The summed E-state index contributed by atoms with van der Waals surface area (Å²) in [5, 5.41) is 0.957. The van der Waals surface area contributed by atoms with Gasteiger partial charge in [0.2, 0.25) is 0 Å². The van der Waals surface area contributed by atoms with Gasteiger partial charge in [0.1, 0.15) is 0 Å². The minimum atomic E-state index is 0.154. The van der Waals surface area contributed by atoms with Crippen LogP contribution in [-0.4, -0.2) is 46.7 Å². The molecule has 3 aliphatic rings. The summed E-state index contributed by atoms with van der Waals surface area (Å²) >= 11 is 1.61. The number of hydrogen-bond donors (Lipinski definition) is 0. The van der Waals surface area contributed by atoms with Crippen LogP contribution in [0.1, 0.15) is 81.2 Å². The van der Waals surface area contributed by atoms with E-state index in [0.717, 1.165) is 52.7 Å². The first-order valence-electron chi connectivity index (χ1n) is 13.7. The number of carbonyl (C=O) groups is 1. The molecular formula is C30H40N4OS. The van der Waals surface area contributed by atoms with Gasteiger partial charge in [-0.25, -0.2) is 0 Å². The number of anilines is 1. The number of amides is 1. The maximum Gasteiger partial charge on any atom is 0.267 e. The Kier molecular flexibility index (Phi) is 7.61. The van der Waals surface area contributed by atoms with Crippen LogP contribution in [0.5, 0.6) is 0 Å². The molecule has 1 aliphatic heterocycles. The van der Waals surface area contributed by atoms with Gasteiger partial charge in [-0.2, -0.15) is 0 Å². The summed E-state index contributed by atoms with van der Waals surface area (Å²) < 4.78 is 2.28. The number of aryl methyl sites for hydroxylation is 1. The number of thioether (sulfide) groups is 1. The van der Waals surface area contributed by atoms with E-state index < -0.39 is 0 Å². The van der Waals surface area contributed by atoms with E-state index in [4.69, 9.17) is 4.99 Å². The normalized spacial score (nSPS) is 22.2. The standard InChI is InChI=1S/C30H40N4OS/c1-21-19-23(22(2)33(21)27-17-15-25(16-18-27)32(3)4)20-28-29(35)34(26-13-9-6-10-14-26)30(36-28)31-24-11-7-5-8-12-24/h15-20,24,26H,5-14H2,1-4H3. The maximum atomic E-state index is 13.8. The lowest BCUT2D eigenvalue weighted by atomic mass is 9.94. The molecule has 1 aromatic heterocycles. The van der Waals surface area contributed by atoms with E-state index in [9.17, 15) is 4.79 Å². The quantitative estimate of drug-likeness (QED) is 0.408. The number of aliphatic imine (C=N–C) groups is 1. The average molecular weight is 505 g/mol. The predicted octanol–water partition coefficient (Wildman–Crippen LogP) is 7.10. The minimum absolute atomic E-state index is 0.154. The molecule has 0 atom stereocenters. The lowest BCUT2D eigenvalue weighted by Gasteiger charge is -2.31. The van der Waals surface area contributed by atoms with Gasteiger partial charge < -0.3 is 9.47 Å². The second-order valence-corrected chi connectivity index (χ2v) is 11.9. The van der Waals surface area contributed by atoms with Crippen LogP contribution in [0.15, 0.2) is 40.2 Å². The number of amidine groups is 1. The third-order valence-electron chi connectivity index (χ3n) is 8.03. The first-order chi connectivity index (χ1) is 17.4. The molecule has 0 unspecified atom stereocenters. The number of nitrogens with zero attached hydrogens (tertiary/aromatic N) is 4. The Hall–Kier alpha value is -2.47. The molecule has 36 heavy (non-hydrogen) atoms. The van der Waals surface area contributed by atoms with E-state index in [1.807, 2.05) is 0 Å². The molecule has 192 valence electrons. The zero-order valence-electron chi connectivity index (χ0n) is 22.3. The molecule has 0 spiro atoms. The Morgan fingerprint density at radius 2 is 1.58 bits per heavy atom. The largest absolute Gasteiger partial charge is 0.378 e. The Morgan fingerprint density at radius 3 is 2.22 bits per heavy atom. The van der Waals surface area contributed by atoms with Crippen LogP contribution in [0, 0.1) is 13.8 Å². The Labute approximate surface area is 220 Å². The van der Waals surface area contributed by atoms with Crippen molar-refractivity contribution in [1.29, 1.82) is 0 Å². The number of carbonyl (C=O) groups excluding carboxylic acids is 1. The number of rotatable bonds is 5. The molecule has 0 N–H and O–H groups in total. The summed E-state index contributed by atoms with van der Waals surface area (Å²) in [5.41, 5.74) is 5.78. The van der Waals surface area contributed by atoms with Crippen molar-refractivity contribution in [3.63, 3.8) is 0 Å². The summed E-state index contributed by atoms with van der Waals surface area (Å²) in [6.45, 7) is 4.29. The van der Waals surface area contributed by atoms with E-state index >= 15 is 0 Å². The Balaban J connectivity index is 1.46. The van der Waals surface area contributed by atoms with Crippen molar-refractivity contribution in [2.45, 2.75) is 90.1 Å². The highest BCUT2D eigenvalue weighted by Crippen LogP contribution is 2.39. The van der Waals surface area contributed by atoms with Gasteiger partial charge in [0, 0.05) is 42.9 Å². The molecule has 5 nitrogen and oxygen atoms in total. The third-order valence-corrected chi connectivity index (χ3v) is 9.02. The van der Waals surface area contributed by atoms with Crippen LogP contribution >= 0.6 is 11.8 Å². The molecular weight excluding hydrogens is 464 g/mol. The van der Waals surface area contributed by atoms with Gasteiger partial charge in [0.15, 0.2) is 5.17 Å². The van der Waals surface area contributed by atoms with Crippen LogP contribution < -0.4 is 4.90 Å².